The van der Waals surface area contributed by atoms with Gasteiger partial charge in [0.1, 0.15) is 23.9 Å². The fourth-order valence-electron chi connectivity index (χ4n) is 2.78. The molecular weight excluding hydrogens is 409 g/mol. The van der Waals surface area contributed by atoms with Gasteiger partial charge in [-0.1, -0.05) is 52.3 Å². The summed E-state index contributed by atoms with van der Waals surface area (Å²) in [5.74, 6) is 1.33. The van der Waals surface area contributed by atoms with Crippen molar-refractivity contribution < 1.29 is 13.9 Å². The van der Waals surface area contributed by atoms with Crippen LogP contribution in [-0.4, -0.2) is 7.11 Å². The summed E-state index contributed by atoms with van der Waals surface area (Å²) in [6.45, 7) is 1.47. The van der Waals surface area contributed by atoms with Crippen molar-refractivity contribution in [1.29, 1.82) is 0 Å². The Kier molecular flexibility index (Phi) is 6.85. The lowest BCUT2D eigenvalue weighted by atomic mass is 10.1. The first-order chi connectivity index (χ1) is 13.2. The highest BCUT2D eigenvalue weighted by Gasteiger charge is 2.08. The van der Waals surface area contributed by atoms with Gasteiger partial charge in [0.05, 0.1) is 7.11 Å². The standard InChI is InChI=1S/C22H21BrFNO2/c1-26-21-9-5-3-6-16(21)13-25-14-18-12-19(23)10-11-22(18)27-15-17-7-2-4-8-20(17)24/h2-12,25H,13-15H2,1H3. The average Bonchev–Trinajstić information content (AvgIpc) is 2.69. The monoisotopic (exact) mass is 429 g/mol. The quantitative estimate of drug-likeness (QED) is 0.515. The maximum Gasteiger partial charge on any atom is 0.129 e. The van der Waals surface area contributed by atoms with Gasteiger partial charge in [0.15, 0.2) is 0 Å². The van der Waals surface area contributed by atoms with Gasteiger partial charge >= 0.3 is 0 Å². The summed E-state index contributed by atoms with van der Waals surface area (Å²) < 4.78 is 26.0. The Morgan fingerprint density at radius 2 is 1.56 bits per heavy atom. The van der Waals surface area contributed by atoms with Gasteiger partial charge < -0.3 is 14.8 Å². The molecule has 0 aliphatic rings. The van der Waals surface area contributed by atoms with Crippen LogP contribution in [0.25, 0.3) is 0 Å². The van der Waals surface area contributed by atoms with Crippen LogP contribution in [0.4, 0.5) is 4.39 Å². The second-order valence-corrected chi connectivity index (χ2v) is 6.96. The number of para-hydroxylation sites is 1. The molecule has 0 atom stereocenters. The summed E-state index contributed by atoms with van der Waals surface area (Å²) in [5.41, 5.74) is 2.62. The first-order valence-electron chi connectivity index (χ1n) is 8.64. The Morgan fingerprint density at radius 1 is 0.852 bits per heavy atom. The number of halogens is 2. The van der Waals surface area contributed by atoms with E-state index in [1.165, 1.54) is 6.07 Å². The zero-order valence-corrected chi connectivity index (χ0v) is 16.6. The average molecular weight is 430 g/mol. The van der Waals surface area contributed by atoms with E-state index in [1.807, 2.05) is 42.5 Å². The number of hydrogen-bond acceptors (Lipinski definition) is 3. The Balaban J connectivity index is 1.66. The predicted octanol–water partition coefficient (Wildman–Crippen LogP) is 5.47. The van der Waals surface area contributed by atoms with Crippen LogP contribution in [0.15, 0.2) is 71.2 Å². The Hall–Kier alpha value is -2.37. The molecular formula is C22H21BrFNO2. The lowest BCUT2D eigenvalue weighted by molar-refractivity contribution is 0.296. The topological polar surface area (TPSA) is 30.5 Å². The molecule has 140 valence electrons. The summed E-state index contributed by atoms with van der Waals surface area (Å²) in [4.78, 5) is 0. The second-order valence-electron chi connectivity index (χ2n) is 6.05. The molecule has 0 aliphatic carbocycles. The van der Waals surface area contributed by atoms with E-state index in [9.17, 15) is 4.39 Å². The third-order valence-corrected chi connectivity index (χ3v) is 4.68. The molecule has 3 nitrogen and oxygen atoms in total. The lowest BCUT2D eigenvalue weighted by Crippen LogP contribution is -2.14. The van der Waals surface area contributed by atoms with Crippen LogP contribution in [0, 0.1) is 5.82 Å². The van der Waals surface area contributed by atoms with Gasteiger partial charge in [-0.3, -0.25) is 0 Å². The zero-order chi connectivity index (χ0) is 19.1. The van der Waals surface area contributed by atoms with Gasteiger partial charge in [0.25, 0.3) is 0 Å². The fourth-order valence-corrected chi connectivity index (χ4v) is 3.19. The van der Waals surface area contributed by atoms with Gasteiger partial charge in [-0.2, -0.15) is 0 Å². The molecule has 0 unspecified atom stereocenters. The molecule has 3 aromatic carbocycles. The summed E-state index contributed by atoms with van der Waals surface area (Å²) in [6.07, 6.45) is 0. The van der Waals surface area contributed by atoms with E-state index < -0.39 is 0 Å². The van der Waals surface area contributed by atoms with Crippen molar-refractivity contribution in [3.8, 4) is 11.5 Å². The Bertz CT molecular complexity index is 901. The number of methoxy groups -OCH3 is 1. The molecule has 5 heteroatoms. The summed E-state index contributed by atoms with van der Waals surface area (Å²) in [6, 6.07) is 20.4. The fraction of sp³-hybridized carbons (Fsp3) is 0.182. The van der Waals surface area contributed by atoms with Crippen LogP contribution in [0.2, 0.25) is 0 Å². The molecule has 0 bridgehead atoms. The van der Waals surface area contributed by atoms with E-state index in [-0.39, 0.29) is 12.4 Å². The van der Waals surface area contributed by atoms with E-state index in [0.29, 0.717) is 18.7 Å². The molecule has 0 aliphatic heterocycles. The molecule has 0 spiro atoms. The maximum absolute atomic E-state index is 13.8. The zero-order valence-electron chi connectivity index (χ0n) is 15.0. The van der Waals surface area contributed by atoms with Crippen molar-refractivity contribution in [3.63, 3.8) is 0 Å². The first-order valence-corrected chi connectivity index (χ1v) is 9.44. The van der Waals surface area contributed by atoms with Gasteiger partial charge in [0.2, 0.25) is 0 Å². The smallest absolute Gasteiger partial charge is 0.129 e. The second kappa shape index (κ2) is 9.53. The SMILES string of the molecule is COc1ccccc1CNCc1cc(Br)ccc1OCc1ccccc1F. The number of rotatable bonds is 8. The number of nitrogens with one attached hydrogen (secondary N) is 1. The van der Waals surface area contributed by atoms with Crippen LogP contribution in [0.1, 0.15) is 16.7 Å². The summed E-state index contributed by atoms with van der Waals surface area (Å²) in [5, 5.41) is 3.41. The Labute approximate surface area is 167 Å². The molecule has 0 amide bonds. The van der Waals surface area contributed by atoms with Crippen LogP contribution >= 0.6 is 15.9 Å². The van der Waals surface area contributed by atoms with E-state index in [2.05, 4.69) is 21.2 Å². The van der Waals surface area contributed by atoms with Gasteiger partial charge in [-0.25, -0.2) is 4.39 Å². The summed E-state index contributed by atoms with van der Waals surface area (Å²) in [7, 11) is 1.67. The van der Waals surface area contributed by atoms with E-state index >= 15 is 0 Å². The van der Waals surface area contributed by atoms with Crippen molar-refractivity contribution >= 4 is 15.9 Å². The minimum atomic E-state index is -0.259. The van der Waals surface area contributed by atoms with E-state index in [0.717, 1.165) is 27.1 Å². The molecule has 0 saturated carbocycles. The molecule has 3 aromatic rings. The van der Waals surface area contributed by atoms with Crippen molar-refractivity contribution in [2.45, 2.75) is 19.7 Å². The largest absolute Gasteiger partial charge is 0.496 e. The van der Waals surface area contributed by atoms with Gasteiger partial charge in [-0.15, -0.1) is 0 Å². The molecule has 3 rings (SSSR count). The van der Waals surface area contributed by atoms with Crippen LogP contribution in [0.3, 0.4) is 0 Å². The molecule has 27 heavy (non-hydrogen) atoms. The highest BCUT2D eigenvalue weighted by molar-refractivity contribution is 9.10. The minimum Gasteiger partial charge on any atom is -0.496 e. The third-order valence-electron chi connectivity index (χ3n) is 4.19. The van der Waals surface area contributed by atoms with Crippen LogP contribution in [0.5, 0.6) is 11.5 Å². The molecule has 1 N–H and O–H groups in total. The number of benzene rings is 3. The van der Waals surface area contributed by atoms with Gasteiger partial charge in [0, 0.05) is 34.3 Å². The Morgan fingerprint density at radius 3 is 2.33 bits per heavy atom. The highest BCUT2D eigenvalue weighted by atomic mass is 79.9. The number of ether oxygens (including phenoxy) is 2. The van der Waals surface area contributed by atoms with Crippen molar-refractivity contribution in [2.75, 3.05) is 7.11 Å². The van der Waals surface area contributed by atoms with Crippen molar-refractivity contribution in [2.24, 2.45) is 0 Å². The normalized spacial score (nSPS) is 10.6. The number of hydrogen-bond donors (Lipinski definition) is 1. The lowest BCUT2D eigenvalue weighted by Gasteiger charge is -2.14. The molecule has 0 fully saturated rings. The predicted molar refractivity (Wildman–Crippen MR) is 108 cm³/mol. The van der Waals surface area contributed by atoms with E-state index in [1.54, 1.807) is 25.3 Å². The van der Waals surface area contributed by atoms with Crippen LogP contribution in [-0.2, 0) is 19.7 Å². The molecule has 0 saturated heterocycles. The minimum absolute atomic E-state index is 0.188. The maximum atomic E-state index is 13.8. The first kappa shape index (κ1) is 19.4. The highest BCUT2D eigenvalue weighted by Crippen LogP contribution is 2.25. The molecule has 0 aromatic heterocycles. The molecule has 0 heterocycles. The molecule has 0 radical (unpaired) electrons. The van der Waals surface area contributed by atoms with Crippen molar-refractivity contribution in [1.82, 2.24) is 5.32 Å². The van der Waals surface area contributed by atoms with Crippen LogP contribution < -0.4 is 14.8 Å². The third kappa shape index (κ3) is 5.31. The van der Waals surface area contributed by atoms with Gasteiger partial charge in [-0.05, 0) is 30.3 Å². The van der Waals surface area contributed by atoms with Crippen molar-refractivity contribution in [3.05, 3.63) is 93.7 Å². The van der Waals surface area contributed by atoms with E-state index in [4.69, 9.17) is 9.47 Å². The summed E-state index contributed by atoms with van der Waals surface area (Å²) >= 11 is 3.50.